The molecule has 0 saturated carbocycles. The Balaban J connectivity index is 2.24. The lowest BCUT2D eigenvalue weighted by Gasteiger charge is -2.21. The number of carbonyl (C=O) groups is 1. The van der Waals surface area contributed by atoms with Gasteiger partial charge >= 0.3 is 0 Å². The Bertz CT molecular complexity index is 812. The normalized spacial score (nSPS) is 9.29. The highest BCUT2D eigenvalue weighted by Crippen LogP contribution is 2.18. The van der Waals surface area contributed by atoms with Crippen LogP contribution in [0, 0.1) is 22.7 Å². The van der Waals surface area contributed by atoms with Crippen molar-refractivity contribution in [1.29, 1.82) is 10.5 Å². The van der Waals surface area contributed by atoms with Crippen LogP contribution in [0.3, 0.4) is 0 Å². The molecule has 5 heteroatoms. The van der Waals surface area contributed by atoms with Gasteiger partial charge in [0.25, 0.3) is 5.91 Å². The molecule has 0 atom stereocenters. The zero-order valence-electron chi connectivity index (χ0n) is 13.2. The van der Waals surface area contributed by atoms with Gasteiger partial charge in [-0.15, -0.1) is 0 Å². The Morgan fingerprint density at radius 3 is 2.46 bits per heavy atom. The minimum Gasteiger partial charge on any atom is -0.360 e. The highest BCUT2D eigenvalue weighted by Gasteiger charge is 2.15. The molecule has 118 valence electrons. The summed E-state index contributed by atoms with van der Waals surface area (Å²) < 4.78 is 0. The van der Waals surface area contributed by atoms with Crippen LogP contribution in [0.25, 0.3) is 0 Å². The first kappa shape index (κ1) is 16.8. The van der Waals surface area contributed by atoms with Gasteiger partial charge in [0.2, 0.25) is 0 Å². The lowest BCUT2D eigenvalue weighted by Crippen LogP contribution is -2.30. The predicted molar refractivity (Wildman–Crippen MR) is 93.2 cm³/mol. The van der Waals surface area contributed by atoms with Gasteiger partial charge in [-0.3, -0.25) is 4.79 Å². The molecule has 0 bridgehead atoms. The van der Waals surface area contributed by atoms with E-state index in [9.17, 15) is 4.79 Å². The number of para-hydroxylation sites is 1. The van der Waals surface area contributed by atoms with Crippen LogP contribution >= 0.6 is 0 Å². The monoisotopic (exact) mass is 316 g/mol. The Morgan fingerprint density at radius 1 is 1.12 bits per heavy atom. The molecule has 0 spiro atoms. The Hall–Kier alpha value is -3.57. The second kappa shape index (κ2) is 8.17. The number of nitrogens with zero attached hydrogens (tertiary/aromatic N) is 3. The Morgan fingerprint density at radius 2 is 1.83 bits per heavy atom. The van der Waals surface area contributed by atoms with E-state index in [0.717, 1.165) is 5.69 Å². The summed E-state index contributed by atoms with van der Waals surface area (Å²) in [5.41, 5.74) is 1.95. The number of carbonyl (C=O) groups excluding carboxylic acids is 1. The van der Waals surface area contributed by atoms with Crippen molar-refractivity contribution in [3.8, 4) is 12.1 Å². The van der Waals surface area contributed by atoms with Gasteiger partial charge < -0.3 is 10.2 Å². The molecule has 2 rings (SSSR count). The summed E-state index contributed by atoms with van der Waals surface area (Å²) in [7, 11) is 0. The standard InChI is InChI=1S/C19H16N4O/c1-2-23(18-9-4-3-5-10-18)19(24)16-7-6-8-17(11-16)22-14-15(12-20)13-21/h3-11,14,22H,2H2,1H3. The highest BCUT2D eigenvalue weighted by molar-refractivity contribution is 6.06. The van der Waals surface area contributed by atoms with Crippen LogP contribution in [-0.2, 0) is 0 Å². The average Bonchev–Trinajstić information content (AvgIpc) is 2.64. The van der Waals surface area contributed by atoms with Gasteiger partial charge in [-0.2, -0.15) is 10.5 Å². The third-order valence-electron chi connectivity index (χ3n) is 3.36. The van der Waals surface area contributed by atoms with Crippen LogP contribution < -0.4 is 10.2 Å². The molecule has 0 aliphatic heterocycles. The van der Waals surface area contributed by atoms with Crippen molar-refractivity contribution >= 4 is 17.3 Å². The lowest BCUT2D eigenvalue weighted by molar-refractivity contribution is 0.0988. The molecule has 1 amide bonds. The van der Waals surface area contributed by atoms with E-state index in [-0.39, 0.29) is 11.5 Å². The number of allylic oxidation sites excluding steroid dienone is 1. The summed E-state index contributed by atoms with van der Waals surface area (Å²) in [4.78, 5) is 14.4. The number of nitriles is 2. The molecular weight excluding hydrogens is 300 g/mol. The van der Waals surface area contributed by atoms with E-state index in [1.807, 2.05) is 37.3 Å². The van der Waals surface area contributed by atoms with Crippen molar-refractivity contribution in [2.45, 2.75) is 6.92 Å². The number of hydrogen-bond donors (Lipinski definition) is 1. The van der Waals surface area contributed by atoms with Crippen molar-refractivity contribution in [3.05, 3.63) is 71.9 Å². The number of nitrogens with one attached hydrogen (secondary N) is 1. The van der Waals surface area contributed by atoms with Crippen LogP contribution in [0.2, 0.25) is 0 Å². The molecular formula is C19H16N4O. The van der Waals surface area contributed by atoms with Gasteiger partial charge in [-0.1, -0.05) is 24.3 Å². The van der Waals surface area contributed by atoms with Crippen LogP contribution in [0.15, 0.2) is 66.4 Å². The van der Waals surface area contributed by atoms with Crippen molar-refractivity contribution in [2.24, 2.45) is 0 Å². The molecule has 24 heavy (non-hydrogen) atoms. The molecule has 2 aromatic carbocycles. The summed E-state index contributed by atoms with van der Waals surface area (Å²) in [6.07, 6.45) is 1.32. The van der Waals surface area contributed by atoms with E-state index in [2.05, 4.69) is 5.32 Å². The van der Waals surface area contributed by atoms with Crippen LogP contribution in [0.1, 0.15) is 17.3 Å². The summed E-state index contributed by atoms with van der Waals surface area (Å²) in [6, 6.07) is 19.9. The summed E-state index contributed by atoms with van der Waals surface area (Å²) in [5.74, 6) is -0.114. The molecule has 2 aromatic rings. The van der Waals surface area contributed by atoms with E-state index in [1.165, 1.54) is 6.20 Å². The Kier molecular flexibility index (Phi) is 5.71. The fourth-order valence-electron chi connectivity index (χ4n) is 2.19. The molecule has 1 N–H and O–H groups in total. The van der Waals surface area contributed by atoms with Crippen LogP contribution in [0.5, 0.6) is 0 Å². The van der Waals surface area contributed by atoms with E-state index in [0.29, 0.717) is 17.8 Å². The van der Waals surface area contributed by atoms with Crippen molar-refractivity contribution < 1.29 is 4.79 Å². The molecule has 0 saturated heterocycles. The minimum absolute atomic E-state index is 0.0359. The third kappa shape index (κ3) is 4.00. The van der Waals surface area contributed by atoms with E-state index < -0.39 is 0 Å². The van der Waals surface area contributed by atoms with Gasteiger partial charge in [-0.05, 0) is 37.3 Å². The second-order valence-electron chi connectivity index (χ2n) is 4.89. The third-order valence-corrected chi connectivity index (χ3v) is 3.36. The van der Waals surface area contributed by atoms with E-state index in [4.69, 9.17) is 10.5 Å². The number of amides is 1. The first-order chi connectivity index (χ1) is 11.7. The number of rotatable bonds is 5. The predicted octanol–water partition coefficient (Wildman–Crippen LogP) is 3.70. The van der Waals surface area contributed by atoms with E-state index >= 15 is 0 Å². The molecule has 0 radical (unpaired) electrons. The van der Waals surface area contributed by atoms with Gasteiger partial charge in [0.05, 0.1) is 0 Å². The minimum atomic E-state index is -0.114. The zero-order chi connectivity index (χ0) is 17.4. The number of hydrogen-bond acceptors (Lipinski definition) is 4. The smallest absolute Gasteiger partial charge is 0.258 e. The van der Waals surface area contributed by atoms with Gasteiger partial charge in [0, 0.05) is 29.7 Å². The van der Waals surface area contributed by atoms with Gasteiger partial charge in [0.15, 0.2) is 0 Å². The zero-order valence-corrected chi connectivity index (χ0v) is 13.2. The number of anilines is 2. The second-order valence-corrected chi connectivity index (χ2v) is 4.89. The van der Waals surface area contributed by atoms with Gasteiger partial charge in [-0.25, -0.2) is 0 Å². The van der Waals surface area contributed by atoms with E-state index in [1.54, 1.807) is 41.3 Å². The van der Waals surface area contributed by atoms with Crippen LogP contribution in [0.4, 0.5) is 11.4 Å². The molecule has 0 heterocycles. The fraction of sp³-hybridized carbons (Fsp3) is 0.105. The summed E-state index contributed by atoms with van der Waals surface area (Å²) in [6.45, 7) is 2.47. The molecule has 0 fully saturated rings. The molecule has 0 unspecified atom stereocenters. The quantitative estimate of drug-likeness (QED) is 0.853. The maximum absolute atomic E-state index is 12.8. The first-order valence-electron chi connectivity index (χ1n) is 7.43. The molecule has 0 aliphatic rings. The average molecular weight is 316 g/mol. The van der Waals surface area contributed by atoms with Crippen molar-refractivity contribution in [3.63, 3.8) is 0 Å². The molecule has 0 aliphatic carbocycles. The lowest BCUT2D eigenvalue weighted by atomic mass is 10.1. The SMILES string of the molecule is CCN(C(=O)c1cccc(NC=C(C#N)C#N)c1)c1ccccc1. The first-order valence-corrected chi connectivity index (χ1v) is 7.43. The maximum Gasteiger partial charge on any atom is 0.258 e. The topological polar surface area (TPSA) is 79.9 Å². The van der Waals surface area contributed by atoms with Crippen LogP contribution in [-0.4, -0.2) is 12.5 Å². The maximum atomic E-state index is 12.8. The van der Waals surface area contributed by atoms with Gasteiger partial charge in [0.1, 0.15) is 17.7 Å². The summed E-state index contributed by atoms with van der Waals surface area (Å²) >= 11 is 0. The largest absolute Gasteiger partial charge is 0.360 e. The fourth-order valence-corrected chi connectivity index (χ4v) is 2.19. The van der Waals surface area contributed by atoms with Crippen molar-refractivity contribution in [2.75, 3.05) is 16.8 Å². The number of benzene rings is 2. The molecule has 5 nitrogen and oxygen atoms in total. The Labute approximate surface area is 141 Å². The summed E-state index contributed by atoms with van der Waals surface area (Å²) in [5, 5.41) is 20.3. The molecule has 0 aromatic heterocycles. The van der Waals surface area contributed by atoms with Crippen molar-refractivity contribution in [1.82, 2.24) is 0 Å². The highest BCUT2D eigenvalue weighted by atomic mass is 16.2.